The molecule has 0 saturated heterocycles. The van der Waals surface area contributed by atoms with Gasteiger partial charge in [-0.05, 0) is 30.9 Å². The molecule has 17 heavy (non-hydrogen) atoms. The van der Waals surface area contributed by atoms with Crippen molar-refractivity contribution >= 4 is 28.9 Å². The van der Waals surface area contributed by atoms with Crippen LogP contribution in [0.15, 0.2) is 18.2 Å². The number of anilines is 1. The van der Waals surface area contributed by atoms with Crippen LogP contribution < -0.4 is 5.32 Å². The second-order valence-electron chi connectivity index (χ2n) is 4.80. The van der Waals surface area contributed by atoms with E-state index in [0.717, 1.165) is 21.7 Å². The van der Waals surface area contributed by atoms with Crippen molar-refractivity contribution in [2.75, 3.05) is 5.32 Å². The van der Waals surface area contributed by atoms with Crippen LogP contribution in [0.5, 0.6) is 0 Å². The number of halogens is 2. The molecule has 1 aliphatic rings. The minimum atomic E-state index is 0.520. The highest BCUT2D eigenvalue weighted by atomic mass is 35.5. The van der Waals surface area contributed by atoms with E-state index < -0.39 is 0 Å². The Kier molecular flexibility index (Phi) is 4.58. The number of para-hydroxylation sites is 1. The lowest BCUT2D eigenvalue weighted by molar-refractivity contribution is 0.317. The lowest BCUT2D eigenvalue weighted by Crippen LogP contribution is -2.32. The van der Waals surface area contributed by atoms with Gasteiger partial charge in [-0.1, -0.05) is 55.5 Å². The van der Waals surface area contributed by atoms with Gasteiger partial charge >= 0.3 is 0 Å². The van der Waals surface area contributed by atoms with E-state index >= 15 is 0 Å². The molecule has 0 spiro atoms. The van der Waals surface area contributed by atoms with Gasteiger partial charge in [-0.3, -0.25) is 0 Å². The first-order valence-corrected chi connectivity index (χ1v) is 7.18. The van der Waals surface area contributed by atoms with Gasteiger partial charge in [0.05, 0.1) is 15.7 Å². The van der Waals surface area contributed by atoms with E-state index in [1.54, 1.807) is 0 Å². The van der Waals surface area contributed by atoms with Gasteiger partial charge in [0.1, 0.15) is 0 Å². The van der Waals surface area contributed by atoms with Crippen LogP contribution in [0.2, 0.25) is 10.0 Å². The fourth-order valence-electron chi connectivity index (χ4n) is 2.71. The average Bonchev–Trinajstić information content (AvgIpc) is 2.34. The molecule has 0 bridgehead atoms. The summed E-state index contributed by atoms with van der Waals surface area (Å²) < 4.78 is 0. The second kappa shape index (κ2) is 5.97. The molecule has 1 fully saturated rings. The minimum Gasteiger partial charge on any atom is -0.380 e. The molecule has 2 atom stereocenters. The first-order valence-electron chi connectivity index (χ1n) is 6.43. The monoisotopic (exact) mass is 271 g/mol. The third-order valence-electron chi connectivity index (χ3n) is 3.73. The zero-order valence-electron chi connectivity index (χ0n) is 10.2. The van der Waals surface area contributed by atoms with Crippen LogP contribution >= 0.6 is 23.2 Å². The molecule has 1 saturated carbocycles. The van der Waals surface area contributed by atoms with Crippen molar-refractivity contribution in [1.82, 2.24) is 0 Å². The van der Waals surface area contributed by atoms with Crippen molar-refractivity contribution in [2.45, 2.75) is 45.1 Å². The van der Waals surface area contributed by atoms with Crippen molar-refractivity contribution in [3.8, 4) is 0 Å². The van der Waals surface area contributed by atoms with E-state index in [1.807, 2.05) is 18.2 Å². The summed E-state index contributed by atoms with van der Waals surface area (Å²) in [6, 6.07) is 6.18. The Bertz CT molecular complexity index is 358. The van der Waals surface area contributed by atoms with Gasteiger partial charge in [-0.15, -0.1) is 0 Å². The van der Waals surface area contributed by atoms with Crippen LogP contribution in [0.4, 0.5) is 5.69 Å². The van der Waals surface area contributed by atoms with Crippen molar-refractivity contribution in [3.63, 3.8) is 0 Å². The molecule has 94 valence electrons. The van der Waals surface area contributed by atoms with E-state index in [1.165, 1.54) is 32.1 Å². The van der Waals surface area contributed by atoms with Crippen LogP contribution in [0.25, 0.3) is 0 Å². The van der Waals surface area contributed by atoms with Crippen LogP contribution in [0.1, 0.15) is 39.0 Å². The molecule has 3 heteroatoms. The van der Waals surface area contributed by atoms with Gasteiger partial charge in [0.25, 0.3) is 0 Å². The van der Waals surface area contributed by atoms with Crippen molar-refractivity contribution < 1.29 is 0 Å². The molecule has 0 aliphatic heterocycles. The standard InChI is InChI=1S/C14H19Cl2N/c1-2-10-6-3-4-9-13(10)17-14-11(15)7-5-8-12(14)16/h5,7-8,10,13,17H,2-4,6,9H2,1H3. The molecular formula is C14H19Cl2N. The molecular weight excluding hydrogens is 253 g/mol. The maximum absolute atomic E-state index is 6.19. The second-order valence-corrected chi connectivity index (χ2v) is 5.61. The summed E-state index contributed by atoms with van der Waals surface area (Å²) in [6.45, 7) is 2.26. The fraction of sp³-hybridized carbons (Fsp3) is 0.571. The van der Waals surface area contributed by atoms with Crippen LogP contribution in [-0.4, -0.2) is 6.04 Å². The number of rotatable bonds is 3. The summed E-state index contributed by atoms with van der Waals surface area (Å²) in [5.74, 6) is 0.746. The van der Waals surface area contributed by atoms with Crippen LogP contribution in [0, 0.1) is 5.92 Å². The average molecular weight is 272 g/mol. The molecule has 0 radical (unpaired) electrons. The maximum atomic E-state index is 6.19. The quantitative estimate of drug-likeness (QED) is 0.779. The molecule has 2 unspecified atom stereocenters. The maximum Gasteiger partial charge on any atom is 0.0721 e. The lowest BCUT2D eigenvalue weighted by Gasteiger charge is -2.32. The van der Waals surface area contributed by atoms with E-state index in [2.05, 4.69) is 12.2 Å². The van der Waals surface area contributed by atoms with Gasteiger partial charge in [0, 0.05) is 6.04 Å². The highest BCUT2D eigenvalue weighted by Crippen LogP contribution is 2.35. The Morgan fingerprint density at radius 1 is 1.18 bits per heavy atom. The SMILES string of the molecule is CCC1CCCCC1Nc1c(Cl)cccc1Cl. The molecule has 2 rings (SSSR count). The van der Waals surface area contributed by atoms with Crippen molar-refractivity contribution in [3.05, 3.63) is 28.2 Å². The molecule has 0 heterocycles. The van der Waals surface area contributed by atoms with Crippen LogP contribution in [-0.2, 0) is 0 Å². The summed E-state index contributed by atoms with van der Waals surface area (Å²) >= 11 is 12.4. The summed E-state index contributed by atoms with van der Waals surface area (Å²) in [5.41, 5.74) is 0.904. The summed E-state index contributed by atoms with van der Waals surface area (Å²) in [5, 5.41) is 5.00. The number of benzene rings is 1. The minimum absolute atomic E-state index is 0.520. The van der Waals surface area contributed by atoms with Crippen molar-refractivity contribution in [1.29, 1.82) is 0 Å². The Morgan fingerprint density at radius 3 is 2.47 bits per heavy atom. The Balaban J connectivity index is 2.13. The molecule has 1 N–H and O–H groups in total. The lowest BCUT2D eigenvalue weighted by atomic mass is 9.83. The predicted octanol–water partition coefficient (Wildman–Crippen LogP) is 5.37. The van der Waals surface area contributed by atoms with Gasteiger partial charge in [0.15, 0.2) is 0 Å². The van der Waals surface area contributed by atoms with Gasteiger partial charge in [-0.25, -0.2) is 0 Å². The van der Waals surface area contributed by atoms with E-state index in [9.17, 15) is 0 Å². The molecule has 1 aromatic carbocycles. The molecule has 1 nitrogen and oxygen atoms in total. The summed E-state index contributed by atoms with van der Waals surface area (Å²) in [4.78, 5) is 0. The third-order valence-corrected chi connectivity index (χ3v) is 4.36. The van der Waals surface area contributed by atoms with E-state index in [0.29, 0.717) is 6.04 Å². The number of hydrogen-bond acceptors (Lipinski definition) is 1. The largest absolute Gasteiger partial charge is 0.380 e. The molecule has 0 aromatic heterocycles. The molecule has 1 aromatic rings. The molecule has 0 amide bonds. The van der Waals surface area contributed by atoms with Gasteiger partial charge in [-0.2, -0.15) is 0 Å². The highest BCUT2D eigenvalue weighted by Gasteiger charge is 2.24. The Hall–Kier alpha value is -0.400. The molecule has 1 aliphatic carbocycles. The first-order chi connectivity index (χ1) is 8.22. The van der Waals surface area contributed by atoms with Gasteiger partial charge < -0.3 is 5.32 Å². The van der Waals surface area contributed by atoms with Gasteiger partial charge in [0.2, 0.25) is 0 Å². The topological polar surface area (TPSA) is 12.0 Å². The highest BCUT2D eigenvalue weighted by molar-refractivity contribution is 6.39. The summed E-state index contributed by atoms with van der Waals surface area (Å²) in [7, 11) is 0. The van der Waals surface area contributed by atoms with E-state index in [-0.39, 0.29) is 0 Å². The predicted molar refractivity (Wildman–Crippen MR) is 76.1 cm³/mol. The van der Waals surface area contributed by atoms with Crippen LogP contribution in [0.3, 0.4) is 0 Å². The van der Waals surface area contributed by atoms with E-state index in [4.69, 9.17) is 23.2 Å². The zero-order valence-corrected chi connectivity index (χ0v) is 11.7. The smallest absolute Gasteiger partial charge is 0.0721 e. The number of hydrogen-bond donors (Lipinski definition) is 1. The first kappa shape index (κ1) is 13.0. The van der Waals surface area contributed by atoms with Crippen molar-refractivity contribution in [2.24, 2.45) is 5.92 Å². The zero-order chi connectivity index (χ0) is 12.3. The fourth-order valence-corrected chi connectivity index (χ4v) is 3.21. The Morgan fingerprint density at radius 2 is 1.82 bits per heavy atom. The summed E-state index contributed by atoms with van der Waals surface area (Å²) in [6.07, 6.45) is 6.42. The Labute approximate surface area is 114 Å². The third kappa shape index (κ3) is 3.08. The normalized spacial score (nSPS) is 24.6. The number of nitrogens with one attached hydrogen (secondary N) is 1.